The second-order valence-electron chi connectivity index (χ2n) is 7.38. The molecule has 6 nitrogen and oxygen atoms in total. The summed E-state index contributed by atoms with van der Waals surface area (Å²) >= 11 is 6.65. The van der Waals surface area contributed by atoms with Crippen LogP contribution in [0.25, 0.3) is 10.9 Å². The molecule has 0 spiro atoms. The minimum Gasteiger partial charge on any atom is -0.465 e. The summed E-state index contributed by atoms with van der Waals surface area (Å²) in [5, 5.41) is 10.7. The monoisotopic (exact) mass is 387 g/mol. The summed E-state index contributed by atoms with van der Waals surface area (Å²) in [6.07, 6.45) is 2.25. The van der Waals surface area contributed by atoms with Gasteiger partial charge in [-0.25, -0.2) is 4.79 Å². The van der Waals surface area contributed by atoms with E-state index in [1.165, 1.54) is 4.90 Å². The van der Waals surface area contributed by atoms with Crippen LogP contribution in [0, 0.1) is 0 Å². The third kappa shape index (κ3) is 3.23. The fourth-order valence-corrected chi connectivity index (χ4v) is 4.42. The summed E-state index contributed by atoms with van der Waals surface area (Å²) in [5.41, 5.74) is 3.52. The first-order valence-corrected chi connectivity index (χ1v) is 9.72. The molecule has 1 atom stereocenters. The Balaban J connectivity index is 1.64. The zero-order valence-corrected chi connectivity index (χ0v) is 16.0. The van der Waals surface area contributed by atoms with Crippen molar-refractivity contribution in [2.75, 3.05) is 26.2 Å². The Hall–Kier alpha value is -2.34. The number of halogens is 1. The molecule has 1 saturated heterocycles. The molecule has 1 aromatic heterocycles. The molecule has 0 bridgehead atoms. The maximum atomic E-state index is 12.9. The number of fused-ring (bicyclic) bond motifs is 2. The van der Waals surface area contributed by atoms with Crippen LogP contribution in [0.3, 0.4) is 0 Å². The lowest BCUT2D eigenvalue weighted by Gasteiger charge is -2.33. The van der Waals surface area contributed by atoms with Gasteiger partial charge in [0.2, 0.25) is 0 Å². The number of amides is 2. The molecule has 7 heteroatoms. The molecule has 27 heavy (non-hydrogen) atoms. The summed E-state index contributed by atoms with van der Waals surface area (Å²) in [6, 6.07) is 5.49. The minimum absolute atomic E-state index is 0.0920. The number of pyridine rings is 1. The minimum atomic E-state index is -0.939. The average Bonchev–Trinajstić information content (AvgIpc) is 2.68. The number of rotatable bonds is 1. The molecular weight excluding hydrogens is 366 g/mol. The van der Waals surface area contributed by atoms with Gasteiger partial charge in [-0.15, -0.1) is 0 Å². The van der Waals surface area contributed by atoms with Gasteiger partial charge in [0, 0.05) is 42.8 Å². The van der Waals surface area contributed by atoms with E-state index in [4.69, 9.17) is 21.7 Å². The molecule has 1 aliphatic heterocycles. The second-order valence-corrected chi connectivity index (χ2v) is 7.75. The highest BCUT2D eigenvalue weighted by molar-refractivity contribution is 6.36. The summed E-state index contributed by atoms with van der Waals surface area (Å²) in [4.78, 5) is 31.8. The number of aromatic nitrogens is 1. The van der Waals surface area contributed by atoms with Crippen molar-refractivity contribution in [3.8, 4) is 0 Å². The van der Waals surface area contributed by atoms with E-state index >= 15 is 0 Å². The highest BCUT2D eigenvalue weighted by Gasteiger charge is 2.26. The van der Waals surface area contributed by atoms with E-state index in [2.05, 4.69) is 6.92 Å². The number of carbonyl (C=O) groups excluding carboxylic acids is 1. The predicted octanol–water partition coefficient (Wildman–Crippen LogP) is 3.76. The van der Waals surface area contributed by atoms with Crippen LogP contribution in [0.15, 0.2) is 18.2 Å². The normalized spacial score (nSPS) is 19.9. The van der Waals surface area contributed by atoms with Crippen molar-refractivity contribution in [3.63, 3.8) is 0 Å². The number of carboxylic acid groups (broad SMARTS) is 1. The Labute approximate surface area is 162 Å². The molecule has 142 valence electrons. The topological polar surface area (TPSA) is 73.7 Å². The Morgan fingerprint density at radius 1 is 1.19 bits per heavy atom. The van der Waals surface area contributed by atoms with Crippen LogP contribution in [0.4, 0.5) is 4.79 Å². The van der Waals surface area contributed by atoms with E-state index in [9.17, 15) is 9.59 Å². The molecule has 4 rings (SSSR count). The van der Waals surface area contributed by atoms with Crippen molar-refractivity contribution in [1.29, 1.82) is 0 Å². The van der Waals surface area contributed by atoms with Crippen molar-refractivity contribution in [3.05, 3.63) is 40.0 Å². The van der Waals surface area contributed by atoms with Crippen LogP contribution in [0.2, 0.25) is 5.02 Å². The number of piperazine rings is 1. The molecule has 0 saturated carbocycles. The molecule has 1 unspecified atom stereocenters. The quantitative estimate of drug-likeness (QED) is 0.808. The molecule has 1 aliphatic carbocycles. The van der Waals surface area contributed by atoms with E-state index in [0.29, 0.717) is 37.7 Å². The van der Waals surface area contributed by atoms with Crippen molar-refractivity contribution in [2.45, 2.75) is 32.1 Å². The number of hydrogen-bond donors (Lipinski definition) is 1. The van der Waals surface area contributed by atoms with Crippen LogP contribution in [0.1, 0.15) is 47.3 Å². The van der Waals surface area contributed by atoms with E-state index in [0.717, 1.165) is 46.4 Å². The maximum absolute atomic E-state index is 12.9. The van der Waals surface area contributed by atoms with E-state index in [1.54, 1.807) is 11.0 Å². The zero-order chi connectivity index (χ0) is 19.1. The lowest BCUT2D eigenvalue weighted by atomic mass is 9.87. The third-order valence-electron chi connectivity index (χ3n) is 5.66. The molecule has 2 heterocycles. The van der Waals surface area contributed by atoms with Gasteiger partial charge < -0.3 is 14.9 Å². The molecular formula is C20H22ClN3O3. The van der Waals surface area contributed by atoms with Gasteiger partial charge in [0.25, 0.3) is 5.91 Å². The van der Waals surface area contributed by atoms with Crippen molar-refractivity contribution >= 4 is 34.5 Å². The van der Waals surface area contributed by atoms with Gasteiger partial charge in [-0.1, -0.05) is 24.6 Å². The van der Waals surface area contributed by atoms with E-state index in [-0.39, 0.29) is 5.91 Å². The molecule has 2 aromatic rings. The first-order chi connectivity index (χ1) is 13.0. The van der Waals surface area contributed by atoms with Gasteiger partial charge in [-0.05, 0) is 42.9 Å². The van der Waals surface area contributed by atoms with Crippen molar-refractivity contribution in [1.82, 2.24) is 14.8 Å². The fraction of sp³-hybridized carbons (Fsp3) is 0.450. The Morgan fingerprint density at radius 3 is 2.59 bits per heavy atom. The standard InChI is InChI=1S/C20H22ClN3O3/c1-12-3-2-4-15-17(21)14-6-5-13(11-16(14)22-18(12)15)19(25)23-7-9-24(10-8-23)20(26)27/h5-6,11-12H,2-4,7-10H2,1H3,(H,26,27). The van der Waals surface area contributed by atoms with Crippen LogP contribution in [0.5, 0.6) is 0 Å². The molecule has 1 fully saturated rings. The summed E-state index contributed by atoms with van der Waals surface area (Å²) in [6.45, 7) is 3.65. The number of benzene rings is 1. The molecule has 1 N–H and O–H groups in total. The number of hydrogen-bond acceptors (Lipinski definition) is 3. The Morgan fingerprint density at radius 2 is 1.89 bits per heavy atom. The van der Waals surface area contributed by atoms with E-state index in [1.807, 2.05) is 12.1 Å². The fourth-order valence-electron chi connectivity index (χ4n) is 4.07. The lowest BCUT2D eigenvalue weighted by Crippen LogP contribution is -2.50. The first kappa shape index (κ1) is 18.0. The molecule has 2 amide bonds. The first-order valence-electron chi connectivity index (χ1n) is 9.35. The van der Waals surface area contributed by atoms with Crippen molar-refractivity contribution in [2.24, 2.45) is 0 Å². The predicted molar refractivity (Wildman–Crippen MR) is 104 cm³/mol. The zero-order valence-electron chi connectivity index (χ0n) is 15.2. The summed E-state index contributed by atoms with van der Waals surface area (Å²) in [7, 11) is 0. The van der Waals surface area contributed by atoms with Crippen LogP contribution in [-0.4, -0.2) is 58.1 Å². The van der Waals surface area contributed by atoms with Crippen molar-refractivity contribution < 1.29 is 14.7 Å². The SMILES string of the molecule is CC1CCCc2c1nc1cc(C(=O)N3CCN(C(=O)O)CC3)ccc1c2Cl. The van der Waals surface area contributed by atoms with Gasteiger partial charge in [0.15, 0.2) is 0 Å². The largest absolute Gasteiger partial charge is 0.465 e. The average molecular weight is 388 g/mol. The Kier molecular flexibility index (Phi) is 4.68. The Bertz CT molecular complexity index is 922. The number of nitrogens with zero attached hydrogens (tertiary/aromatic N) is 3. The number of carbonyl (C=O) groups is 2. The molecule has 1 aromatic carbocycles. The van der Waals surface area contributed by atoms with Gasteiger partial charge in [0.1, 0.15) is 0 Å². The highest BCUT2D eigenvalue weighted by atomic mass is 35.5. The molecule has 0 radical (unpaired) electrons. The van der Waals surface area contributed by atoms with E-state index < -0.39 is 6.09 Å². The van der Waals surface area contributed by atoms with Gasteiger partial charge in [-0.3, -0.25) is 9.78 Å². The van der Waals surface area contributed by atoms with Gasteiger partial charge >= 0.3 is 6.09 Å². The van der Waals surface area contributed by atoms with Gasteiger partial charge in [0.05, 0.1) is 10.5 Å². The highest BCUT2D eigenvalue weighted by Crippen LogP contribution is 2.37. The third-order valence-corrected chi connectivity index (χ3v) is 6.10. The smallest absolute Gasteiger partial charge is 0.407 e. The maximum Gasteiger partial charge on any atom is 0.407 e. The van der Waals surface area contributed by atoms with Gasteiger partial charge in [-0.2, -0.15) is 0 Å². The lowest BCUT2D eigenvalue weighted by molar-refractivity contribution is 0.0625. The molecule has 2 aliphatic rings. The summed E-state index contributed by atoms with van der Waals surface area (Å²) < 4.78 is 0. The van der Waals surface area contributed by atoms with Crippen LogP contribution < -0.4 is 0 Å². The summed E-state index contributed by atoms with van der Waals surface area (Å²) in [5.74, 6) is 0.282. The van der Waals surface area contributed by atoms with Crippen LogP contribution in [-0.2, 0) is 6.42 Å². The van der Waals surface area contributed by atoms with Crippen LogP contribution >= 0.6 is 11.6 Å². The second kappa shape index (κ2) is 7.00.